The van der Waals surface area contributed by atoms with E-state index in [0.717, 1.165) is 11.1 Å². The molecule has 2 rings (SSSR count). The molecular formula is C12H14N4O2. The minimum atomic E-state index is -0.805. The average Bonchev–Trinajstić information content (AvgIpc) is 2.77. The number of carboxylic acids is 1. The number of benzene rings is 1. The van der Waals surface area contributed by atoms with Crippen LogP contribution >= 0.6 is 0 Å². The van der Waals surface area contributed by atoms with Crippen LogP contribution in [0.25, 0.3) is 11.4 Å². The number of carbonyl (C=O) groups is 1. The van der Waals surface area contributed by atoms with Crippen molar-refractivity contribution in [3.63, 3.8) is 0 Å². The van der Waals surface area contributed by atoms with E-state index in [0.29, 0.717) is 18.8 Å². The molecule has 1 N–H and O–H groups in total. The van der Waals surface area contributed by atoms with Crippen molar-refractivity contribution in [2.75, 3.05) is 0 Å². The molecule has 1 aromatic heterocycles. The van der Waals surface area contributed by atoms with Crippen LogP contribution in [0.4, 0.5) is 0 Å². The molecule has 94 valence electrons. The van der Waals surface area contributed by atoms with E-state index < -0.39 is 5.97 Å². The first kappa shape index (κ1) is 12.2. The summed E-state index contributed by atoms with van der Waals surface area (Å²) in [5.74, 6) is -0.126. The second kappa shape index (κ2) is 5.39. The summed E-state index contributed by atoms with van der Waals surface area (Å²) in [5.41, 5.74) is 2.06. The van der Waals surface area contributed by atoms with Crippen molar-refractivity contribution in [3.8, 4) is 11.4 Å². The van der Waals surface area contributed by atoms with Gasteiger partial charge in [-0.1, -0.05) is 24.3 Å². The van der Waals surface area contributed by atoms with Crippen LogP contribution in [0.15, 0.2) is 24.3 Å². The molecule has 0 aliphatic carbocycles. The van der Waals surface area contributed by atoms with Crippen LogP contribution in [-0.4, -0.2) is 31.3 Å². The summed E-state index contributed by atoms with van der Waals surface area (Å²) >= 11 is 0. The first-order valence-electron chi connectivity index (χ1n) is 5.72. The normalized spacial score (nSPS) is 10.5. The quantitative estimate of drug-likeness (QED) is 0.864. The molecule has 2 aromatic rings. The topological polar surface area (TPSA) is 80.9 Å². The van der Waals surface area contributed by atoms with Crippen LogP contribution in [-0.2, 0) is 11.3 Å². The first-order valence-corrected chi connectivity index (χ1v) is 5.72. The molecule has 0 atom stereocenters. The molecular weight excluding hydrogens is 232 g/mol. The monoisotopic (exact) mass is 246 g/mol. The third kappa shape index (κ3) is 2.71. The van der Waals surface area contributed by atoms with Gasteiger partial charge in [0.25, 0.3) is 0 Å². The molecule has 0 saturated carbocycles. The molecule has 6 nitrogen and oxygen atoms in total. The van der Waals surface area contributed by atoms with E-state index >= 15 is 0 Å². The van der Waals surface area contributed by atoms with E-state index in [4.69, 9.17) is 5.11 Å². The summed E-state index contributed by atoms with van der Waals surface area (Å²) in [7, 11) is 0. The van der Waals surface area contributed by atoms with Gasteiger partial charge in [-0.2, -0.15) is 0 Å². The Hall–Kier alpha value is -2.24. The highest BCUT2D eigenvalue weighted by molar-refractivity contribution is 5.66. The third-order valence-electron chi connectivity index (χ3n) is 2.68. The zero-order valence-corrected chi connectivity index (χ0v) is 10.1. The fraction of sp³-hybridized carbons (Fsp3) is 0.333. The number of hydrogen-bond acceptors (Lipinski definition) is 4. The van der Waals surface area contributed by atoms with E-state index in [1.807, 2.05) is 31.2 Å². The second-order valence-electron chi connectivity index (χ2n) is 4.04. The Balaban J connectivity index is 2.18. The van der Waals surface area contributed by atoms with E-state index in [1.165, 1.54) is 0 Å². The maximum atomic E-state index is 10.5. The predicted octanol–water partition coefficient (Wildman–Crippen LogP) is 1.51. The Labute approximate surface area is 104 Å². The Bertz CT molecular complexity index is 551. The van der Waals surface area contributed by atoms with Gasteiger partial charge in [0, 0.05) is 18.5 Å². The zero-order chi connectivity index (χ0) is 13.0. The van der Waals surface area contributed by atoms with Crippen LogP contribution in [0.2, 0.25) is 0 Å². The van der Waals surface area contributed by atoms with Gasteiger partial charge >= 0.3 is 5.97 Å². The van der Waals surface area contributed by atoms with Gasteiger partial charge in [0.1, 0.15) is 0 Å². The SMILES string of the molecule is Cc1ccccc1-c1nnnn1CCCC(=O)O. The molecule has 0 saturated heterocycles. The molecule has 1 aromatic carbocycles. The van der Waals surface area contributed by atoms with Gasteiger partial charge in [-0.15, -0.1) is 5.10 Å². The molecule has 0 amide bonds. The second-order valence-corrected chi connectivity index (χ2v) is 4.04. The molecule has 0 unspecified atom stereocenters. The molecule has 0 fully saturated rings. The van der Waals surface area contributed by atoms with Gasteiger partial charge in [0.05, 0.1) is 0 Å². The van der Waals surface area contributed by atoms with Gasteiger partial charge in [-0.25, -0.2) is 4.68 Å². The lowest BCUT2D eigenvalue weighted by Gasteiger charge is -2.05. The molecule has 0 radical (unpaired) electrons. The number of nitrogens with zero attached hydrogens (tertiary/aromatic N) is 4. The van der Waals surface area contributed by atoms with Crippen molar-refractivity contribution in [2.24, 2.45) is 0 Å². The highest BCUT2D eigenvalue weighted by atomic mass is 16.4. The van der Waals surface area contributed by atoms with Gasteiger partial charge < -0.3 is 5.11 Å². The maximum absolute atomic E-state index is 10.5. The minimum absolute atomic E-state index is 0.118. The van der Waals surface area contributed by atoms with Gasteiger partial charge in [0.2, 0.25) is 0 Å². The van der Waals surface area contributed by atoms with Crippen LogP contribution in [0.3, 0.4) is 0 Å². The fourth-order valence-corrected chi connectivity index (χ4v) is 1.75. The van der Waals surface area contributed by atoms with Gasteiger partial charge in [0.15, 0.2) is 5.82 Å². The lowest BCUT2D eigenvalue weighted by atomic mass is 10.1. The number of hydrogen-bond donors (Lipinski definition) is 1. The summed E-state index contributed by atoms with van der Waals surface area (Å²) in [6.45, 7) is 2.49. The number of tetrazole rings is 1. The summed E-state index contributed by atoms with van der Waals surface area (Å²) in [4.78, 5) is 10.5. The molecule has 0 aliphatic heterocycles. The van der Waals surface area contributed by atoms with E-state index in [2.05, 4.69) is 15.5 Å². The Morgan fingerprint density at radius 3 is 2.89 bits per heavy atom. The van der Waals surface area contributed by atoms with E-state index in [9.17, 15) is 4.79 Å². The third-order valence-corrected chi connectivity index (χ3v) is 2.68. The lowest BCUT2D eigenvalue weighted by molar-refractivity contribution is -0.137. The molecule has 1 heterocycles. The van der Waals surface area contributed by atoms with Crippen molar-refractivity contribution in [1.29, 1.82) is 0 Å². The Kier molecular flexibility index (Phi) is 3.66. The number of carboxylic acid groups (broad SMARTS) is 1. The lowest BCUT2D eigenvalue weighted by Crippen LogP contribution is -2.06. The van der Waals surface area contributed by atoms with E-state index in [1.54, 1.807) is 4.68 Å². The van der Waals surface area contributed by atoms with Gasteiger partial charge in [-0.05, 0) is 29.3 Å². The minimum Gasteiger partial charge on any atom is -0.481 e. The Morgan fingerprint density at radius 1 is 1.39 bits per heavy atom. The number of aliphatic carboxylic acids is 1. The van der Waals surface area contributed by atoms with Crippen molar-refractivity contribution < 1.29 is 9.90 Å². The molecule has 6 heteroatoms. The molecule has 0 bridgehead atoms. The predicted molar refractivity (Wildman–Crippen MR) is 64.9 cm³/mol. The van der Waals surface area contributed by atoms with Crippen LogP contribution in [0.5, 0.6) is 0 Å². The van der Waals surface area contributed by atoms with Crippen molar-refractivity contribution in [2.45, 2.75) is 26.3 Å². The summed E-state index contributed by atoms with van der Waals surface area (Å²) in [5, 5.41) is 20.2. The highest BCUT2D eigenvalue weighted by Gasteiger charge is 2.10. The first-order chi connectivity index (χ1) is 8.68. The Morgan fingerprint density at radius 2 is 2.17 bits per heavy atom. The fourth-order valence-electron chi connectivity index (χ4n) is 1.75. The van der Waals surface area contributed by atoms with Crippen LogP contribution in [0, 0.1) is 6.92 Å². The maximum Gasteiger partial charge on any atom is 0.303 e. The summed E-state index contributed by atoms with van der Waals surface area (Å²) in [6.07, 6.45) is 0.631. The van der Waals surface area contributed by atoms with E-state index in [-0.39, 0.29) is 6.42 Å². The average molecular weight is 246 g/mol. The zero-order valence-electron chi connectivity index (χ0n) is 10.1. The summed E-state index contributed by atoms with van der Waals surface area (Å²) in [6, 6.07) is 7.83. The highest BCUT2D eigenvalue weighted by Crippen LogP contribution is 2.20. The van der Waals surface area contributed by atoms with Crippen LogP contribution < -0.4 is 0 Å². The molecule has 0 spiro atoms. The largest absolute Gasteiger partial charge is 0.481 e. The number of aryl methyl sites for hydroxylation is 2. The van der Waals surface area contributed by atoms with Crippen molar-refractivity contribution in [3.05, 3.63) is 29.8 Å². The molecule has 18 heavy (non-hydrogen) atoms. The van der Waals surface area contributed by atoms with Crippen molar-refractivity contribution >= 4 is 5.97 Å². The smallest absolute Gasteiger partial charge is 0.303 e. The number of rotatable bonds is 5. The van der Waals surface area contributed by atoms with Crippen LogP contribution in [0.1, 0.15) is 18.4 Å². The standard InChI is InChI=1S/C12H14N4O2/c1-9-5-2-3-6-10(9)12-13-14-15-16(12)8-4-7-11(17)18/h2-3,5-6H,4,7-8H2,1H3,(H,17,18). The van der Waals surface area contributed by atoms with Gasteiger partial charge in [-0.3, -0.25) is 4.79 Å². The molecule has 0 aliphatic rings. The number of aromatic nitrogens is 4. The summed E-state index contributed by atoms with van der Waals surface area (Å²) < 4.78 is 1.64. The van der Waals surface area contributed by atoms with Crippen molar-refractivity contribution in [1.82, 2.24) is 20.2 Å².